The van der Waals surface area contributed by atoms with Crippen LogP contribution in [0.1, 0.15) is 6.92 Å². The first-order chi connectivity index (χ1) is 3.98. The Labute approximate surface area is 56.0 Å². The zero-order valence-corrected chi connectivity index (χ0v) is 6.35. The van der Waals surface area contributed by atoms with E-state index >= 15 is 0 Å². The minimum Gasteiger partial charge on any atom is -0.365 e. The van der Waals surface area contributed by atoms with Gasteiger partial charge in [0.2, 0.25) is 0 Å². The molecule has 0 aromatic heterocycles. The summed E-state index contributed by atoms with van der Waals surface area (Å²) < 4.78 is 0.676. The number of amides is 1. The van der Waals surface area contributed by atoms with E-state index in [9.17, 15) is 4.79 Å². The quantitative estimate of drug-likeness (QED) is 0.519. The largest absolute Gasteiger partial charge is 0.365 e. The Morgan fingerprint density at radius 2 is 2.00 bits per heavy atom. The number of primary amides is 1. The SMILES string of the molecule is CC[N+](C)(C)CC(N)=O. The zero-order valence-electron chi connectivity index (χ0n) is 6.35. The van der Waals surface area contributed by atoms with Crippen molar-refractivity contribution in [3.05, 3.63) is 0 Å². The Hall–Kier alpha value is -0.570. The third kappa shape index (κ3) is 3.97. The summed E-state index contributed by atoms with van der Waals surface area (Å²) >= 11 is 0. The first-order valence-electron chi connectivity index (χ1n) is 3.08. The molecule has 0 spiro atoms. The van der Waals surface area contributed by atoms with Crippen LogP contribution in [0.5, 0.6) is 0 Å². The highest BCUT2D eigenvalue weighted by molar-refractivity contribution is 5.74. The number of likely N-dealkylation sites (N-methyl/N-ethyl adjacent to an activating group) is 1. The summed E-state index contributed by atoms with van der Waals surface area (Å²) in [6.45, 7) is 3.39. The molecule has 3 nitrogen and oxygen atoms in total. The molecule has 0 aliphatic rings. The lowest BCUT2D eigenvalue weighted by Gasteiger charge is -2.25. The molecule has 0 aromatic rings. The molecule has 0 atom stereocenters. The van der Waals surface area contributed by atoms with Gasteiger partial charge in [-0.05, 0) is 6.92 Å². The first-order valence-corrected chi connectivity index (χ1v) is 3.08. The fraction of sp³-hybridized carbons (Fsp3) is 0.833. The standard InChI is InChI=1S/C6H14N2O/c1-4-8(2,3)5-6(7)9/h4-5H2,1-3H3,(H-,7,9)/p+1. The number of carbonyl (C=O) groups is 1. The Bertz CT molecular complexity index is 110. The van der Waals surface area contributed by atoms with Crippen LogP contribution < -0.4 is 5.73 Å². The van der Waals surface area contributed by atoms with Crippen LogP contribution in [-0.4, -0.2) is 37.6 Å². The Balaban J connectivity index is 3.71. The molecule has 0 bridgehead atoms. The van der Waals surface area contributed by atoms with Crippen LogP contribution in [0.3, 0.4) is 0 Å². The number of quaternary nitrogens is 1. The van der Waals surface area contributed by atoms with E-state index in [1.165, 1.54) is 0 Å². The molecule has 0 heterocycles. The number of hydrogen-bond acceptors (Lipinski definition) is 1. The van der Waals surface area contributed by atoms with Gasteiger partial charge in [0.05, 0.1) is 20.6 Å². The predicted octanol–water partition coefficient (Wildman–Crippen LogP) is -0.432. The second-order valence-corrected chi connectivity index (χ2v) is 2.88. The van der Waals surface area contributed by atoms with E-state index in [-0.39, 0.29) is 5.91 Å². The van der Waals surface area contributed by atoms with Crippen LogP contribution in [0.4, 0.5) is 0 Å². The molecule has 0 radical (unpaired) electrons. The molecule has 9 heavy (non-hydrogen) atoms. The Kier molecular flexibility index (Phi) is 2.65. The number of carbonyl (C=O) groups excluding carboxylic acids is 1. The van der Waals surface area contributed by atoms with E-state index in [0.29, 0.717) is 11.0 Å². The van der Waals surface area contributed by atoms with Crippen molar-refractivity contribution in [2.75, 3.05) is 27.2 Å². The molecule has 0 rings (SSSR count). The molecule has 0 unspecified atom stereocenters. The van der Waals surface area contributed by atoms with Gasteiger partial charge in [0.1, 0.15) is 0 Å². The van der Waals surface area contributed by atoms with Gasteiger partial charge in [-0.3, -0.25) is 4.79 Å². The number of nitrogens with two attached hydrogens (primary N) is 1. The number of rotatable bonds is 3. The molecule has 0 aliphatic heterocycles. The molecular formula is C6H15N2O+. The summed E-state index contributed by atoms with van der Waals surface area (Å²) in [6, 6.07) is 0. The van der Waals surface area contributed by atoms with E-state index < -0.39 is 0 Å². The second-order valence-electron chi connectivity index (χ2n) is 2.88. The summed E-state index contributed by atoms with van der Waals surface area (Å²) in [5.74, 6) is -0.234. The molecule has 0 saturated heterocycles. The molecule has 54 valence electrons. The second kappa shape index (κ2) is 2.82. The smallest absolute Gasteiger partial charge is 0.272 e. The van der Waals surface area contributed by atoms with E-state index in [2.05, 4.69) is 0 Å². The number of hydrogen-bond donors (Lipinski definition) is 1. The van der Waals surface area contributed by atoms with Crippen molar-refractivity contribution in [1.82, 2.24) is 0 Å². The molecule has 0 saturated carbocycles. The van der Waals surface area contributed by atoms with Gasteiger partial charge in [0, 0.05) is 0 Å². The molecule has 2 N–H and O–H groups in total. The lowest BCUT2D eigenvalue weighted by Crippen LogP contribution is -2.45. The fourth-order valence-corrected chi connectivity index (χ4v) is 0.534. The highest BCUT2D eigenvalue weighted by Gasteiger charge is 2.13. The first kappa shape index (κ1) is 8.43. The Morgan fingerprint density at radius 1 is 1.56 bits per heavy atom. The van der Waals surface area contributed by atoms with Crippen LogP contribution in [0.25, 0.3) is 0 Å². The van der Waals surface area contributed by atoms with Gasteiger partial charge in [-0.25, -0.2) is 0 Å². The van der Waals surface area contributed by atoms with Gasteiger partial charge in [0.25, 0.3) is 5.91 Å². The van der Waals surface area contributed by atoms with Crippen molar-refractivity contribution in [2.45, 2.75) is 6.92 Å². The van der Waals surface area contributed by atoms with E-state index in [1.807, 2.05) is 21.0 Å². The maximum Gasteiger partial charge on any atom is 0.272 e. The molecular weight excluding hydrogens is 116 g/mol. The maximum absolute atomic E-state index is 10.4. The van der Waals surface area contributed by atoms with Gasteiger partial charge in [-0.15, -0.1) is 0 Å². The summed E-state index contributed by atoms with van der Waals surface area (Å²) in [6.07, 6.45) is 0. The van der Waals surface area contributed by atoms with Crippen molar-refractivity contribution in [3.63, 3.8) is 0 Å². The van der Waals surface area contributed by atoms with Crippen molar-refractivity contribution in [2.24, 2.45) is 5.73 Å². The molecule has 0 aliphatic carbocycles. The highest BCUT2D eigenvalue weighted by atomic mass is 16.1. The van der Waals surface area contributed by atoms with Crippen molar-refractivity contribution >= 4 is 5.91 Å². The fourth-order valence-electron chi connectivity index (χ4n) is 0.534. The minimum absolute atomic E-state index is 0.234. The van der Waals surface area contributed by atoms with Crippen LogP contribution in [-0.2, 0) is 4.79 Å². The predicted molar refractivity (Wildman–Crippen MR) is 36.7 cm³/mol. The van der Waals surface area contributed by atoms with Gasteiger partial charge < -0.3 is 10.2 Å². The summed E-state index contributed by atoms with van der Waals surface area (Å²) in [5, 5.41) is 0. The lowest BCUT2D eigenvalue weighted by molar-refractivity contribution is -0.880. The van der Waals surface area contributed by atoms with Gasteiger partial charge in [-0.1, -0.05) is 0 Å². The van der Waals surface area contributed by atoms with Crippen molar-refractivity contribution < 1.29 is 9.28 Å². The average Bonchev–Trinajstić information content (AvgIpc) is 1.63. The highest BCUT2D eigenvalue weighted by Crippen LogP contribution is 1.92. The topological polar surface area (TPSA) is 43.1 Å². The lowest BCUT2D eigenvalue weighted by atomic mass is 10.4. The zero-order chi connectivity index (χ0) is 7.49. The van der Waals surface area contributed by atoms with Gasteiger partial charge >= 0.3 is 0 Å². The van der Waals surface area contributed by atoms with Crippen LogP contribution >= 0.6 is 0 Å². The van der Waals surface area contributed by atoms with Crippen LogP contribution in [0, 0.1) is 0 Å². The van der Waals surface area contributed by atoms with Crippen LogP contribution in [0.2, 0.25) is 0 Å². The van der Waals surface area contributed by atoms with Gasteiger partial charge in [-0.2, -0.15) is 0 Å². The van der Waals surface area contributed by atoms with Crippen molar-refractivity contribution in [3.8, 4) is 0 Å². The molecule has 1 amide bonds. The van der Waals surface area contributed by atoms with E-state index in [4.69, 9.17) is 5.73 Å². The third-order valence-corrected chi connectivity index (χ3v) is 1.44. The monoisotopic (exact) mass is 131 g/mol. The normalized spacial score (nSPS) is 11.4. The maximum atomic E-state index is 10.4. The summed E-state index contributed by atoms with van der Waals surface area (Å²) in [7, 11) is 3.95. The van der Waals surface area contributed by atoms with E-state index in [1.54, 1.807) is 0 Å². The summed E-state index contributed by atoms with van der Waals surface area (Å²) in [4.78, 5) is 10.4. The van der Waals surface area contributed by atoms with Crippen molar-refractivity contribution in [1.29, 1.82) is 0 Å². The number of nitrogens with zero attached hydrogens (tertiary/aromatic N) is 1. The minimum atomic E-state index is -0.234. The van der Waals surface area contributed by atoms with Gasteiger partial charge in [0.15, 0.2) is 6.54 Å². The third-order valence-electron chi connectivity index (χ3n) is 1.44. The van der Waals surface area contributed by atoms with Crippen LogP contribution in [0.15, 0.2) is 0 Å². The molecule has 3 heteroatoms. The molecule has 0 fully saturated rings. The Morgan fingerprint density at radius 3 is 2.11 bits per heavy atom. The average molecular weight is 131 g/mol. The van der Waals surface area contributed by atoms with E-state index in [0.717, 1.165) is 6.54 Å². The summed E-state index contributed by atoms with van der Waals surface area (Å²) in [5.41, 5.74) is 5.00. The molecule has 0 aromatic carbocycles.